The van der Waals surface area contributed by atoms with Gasteiger partial charge in [-0.2, -0.15) is 5.26 Å². The van der Waals surface area contributed by atoms with E-state index in [1.165, 1.54) is 7.11 Å². The Morgan fingerprint density at radius 2 is 2.25 bits per heavy atom. The summed E-state index contributed by atoms with van der Waals surface area (Å²) in [6.45, 7) is 2.45. The van der Waals surface area contributed by atoms with Crippen LogP contribution in [0.2, 0.25) is 0 Å². The van der Waals surface area contributed by atoms with Crippen LogP contribution in [0.1, 0.15) is 46.1 Å². The molecule has 0 aliphatic carbocycles. The van der Waals surface area contributed by atoms with E-state index >= 15 is 0 Å². The third-order valence-corrected chi connectivity index (χ3v) is 4.45. The van der Waals surface area contributed by atoms with Crippen molar-refractivity contribution < 1.29 is 13.9 Å². The van der Waals surface area contributed by atoms with Crippen LogP contribution in [0.25, 0.3) is 0 Å². The molecule has 0 spiro atoms. The summed E-state index contributed by atoms with van der Waals surface area (Å²) in [6, 6.07) is 7.46. The van der Waals surface area contributed by atoms with Gasteiger partial charge in [-0.05, 0) is 37.6 Å². The largest absolute Gasteiger partial charge is 0.465 e. The fraction of sp³-hybridized carbons (Fsp3) is 0.389. The number of nitrogens with zero attached hydrogens (tertiary/aromatic N) is 3. The minimum atomic E-state index is -0.476. The van der Waals surface area contributed by atoms with E-state index in [0.717, 1.165) is 37.4 Å². The Bertz CT molecular complexity index is 741. The molecule has 2 aromatic rings. The molecule has 0 unspecified atom stereocenters. The number of nitriles is 1. The Kier molecular flexibility index (Phi) is 4.92. The summed E-state index contributed by atoms with van der Waals surface area (Å²) in [5.41, 5.74) is 1.58. The maximum absolute atomic E-state index is 11.8. The van der Waals surface area contributed by atoms with E-state index in [1.807, 2.05) is 6.07 Å². The van der Waals surface area contributed by atoms with Crippen LogP contribution < -0.4 is 0 Å². The van der Waals surface area contributed by atoms with Crippen LogP contribution in [0.5, 0.6) is 0 Å². The Hall–Kier alpha value is -2.65. The number of carbonyl (C=O) groups is 1. The molecule has 1 aliphatic heterocycles. The van der Waals surface area contributed by atoms with Gasteiger partial charge in [-0.1, -0.05) is 12.1 Å². The average Bonchev–Trinajstić information content (AvgIpc) is 3.16. The summed E-state index contributed by atoms with van der Waals surface area (Å²) in [5.74, 6) is 0.684. The van der Waals surface area contributed by atoms with Crippen LogP contribution in [0.15, 0.2) is 35.1 Å². The van der Waals surface area contributed by atoms with Crippen LogP contribution in [0.3, 0.4) is 0 Å². The van der Waals surface area contributed by atoms with Gasteiger partial charge in [0.15, 0.2) is 5.89 Å². The van der Waals surface area contributed by atoms with Gasteiger partial charge in [0.05, 0.1) is 24.4 Å². The van der Waals surface area contributed by atoms with Gasteiger partial charge in [0.1, 0.15) is 12.3 Å². The molecule has 24 heavy (non-hydrogen) atoms. The van der Waals surface area contributed by atoms with E-state index in [9.17, 15) is 10.1 Å². The number of aromatic nitrogens is 1. The number of hydrogen-bond acceptors (Lipinski definition) is 6. The number of hydrogen-bond donors (Lipinski definition) is 0. The van der Waals surface area contributed by atoms with Crippen molar-refractivity contribution in [1.82, 2.24) is 9.88 Å². The van der Waals surface area contributed by atoms with Crippen molar-refractivity contribution in [1.29, 1.82) is 5.26 Å². The van der Waals surface area contributed by atoms with Gasteiger partial charge < -0.3 is 9.15 Å². The molecule has 1 aromatic heterocycles. The zero-order valence-corrected chi connectivity index (χ0v) is 13.6. The van der Waals surface area contributed by atoms with E-state index < -0.39 is 5.97 Å². The first kappa shape index (κ1) is 16.2. The molecule has 0 N–H and O–H groups in total. The Labute approximate surface area is 140 Å². The fourth-order valence-corrected chi connectivity index (χ4v) is 3.16. The topological polar surface area (TPSA) is 79.4 Å². The molecule has 6 heteroatoms. The first-order valence-electron chi connectivity index (χ1n) is 7.95. The lowest BCUT2D eigenvalue weighted by Gasteiger charge is -2.30. The molecular weight excluding hydrogens is 306 g/mol. The first-order valence-corrected chi connectivity index (χ1v) is 7.95. The van der Waals surface area contributed by atoms with Crippen molar-refractivity contribution in [2.45, 2.75) is 25.3 Å². The highest BCUT2D eigenvalue weighted by Crippen LogP contribution is 2.28. The quantitative estimate of drug-likeness (QED) is 0.804. The van der Waals surface area contributed by atoms with E-state index in [4.69, 9.17) is 9.15 Å². The Morgan fingerprint density at radius 1 is 1.46 bits per heavy atom. The summed E-state index contributed by atoms with van der Waals surface area (Å²) in [4.78, 5) is 18.3. The standard InChI is InChI=1S/C18H19N3O3/c1-23-18(22)15-4-2-3-14(16(15)11-19)12-21-8-5-13(6-9-21)17-20-7-10-24-17/h2-4,7,10,13H,5-6,8-9,12H2,1H3. The van der Waals surface area contributed by atoms with Gasteiger partial charge in [-0.15, -0.1) is 0 Å². The zero-order chi connectivity index (χ0) is 16.9. The molecule has 1 saturated heterocycles. The molecule has 2 heterocycles. The maximum atomic E-state index is 11.8. The molecule has 1 aliphatic rings. The Balaban J connectivity index is 1.69. The number of piperidine rings is 1. The second-order valence-electron chi connectivity index (χ2n) is 5.86. The number of carbonyl (C=O) groups excluding carboxylic acids is 1. The van der Waals surface area contributed by atoms with Crippen molar-refractivity contribution in [2.75, 3.05) is 20.2 Å². The van der Waals surface area contributed by atoms with Gasteiger partial charge in [-0.25, -0.2) is 9.78 Å². The molecule has 0 saturated carbocycles. The predicted octanol–water partition coefficient (Wildman–Crippen LogP) is 2.71. The molecule has 0 radical (unpaired) electrons. The lowest BCUT2D eigenvalue weighted by Crippen LogP contribution is -2.33. The van der Waals surface area contributed by atoms with Gasteiger partial charge in [0, 0.05) is 12.5 Å². The predicted molar refractivity (Wildman–Crippen MR) is 86.3 cm³/mol. The molecule has 0 amide bonds. The van der Waals surface area contributed by atoms with Crippen LogP contribution in [0.4, 0.5) is 0 Å². The van der Waals surface area contributed by atoms with Gasteiger partial charge in [-0.3, -0.25) is 4.90 Å². The summed E-state index contributed by atoms with van der Waals surface area (Å²) in [6.07, 6.45) is 5.23. The SMILES string of the molecule is COC(=O)c1cccc(CN2CCC(c3ncco3)CC2)c1C#N. The van der Waals surface area contributed by atoms with Crippen LogP contribution in [0, 0.1) is 11.3 Å². The lowest BCUT2D eigenvalue weighted by atomic mass is 9.95. The number of esters is 1. The maximum Gasteiger partial charge on any atom is 0.339 e. The van der Waals surface area contributed by atoms with E-state index in [2.05, 4.69) is 16.0 Å². The minimum absolute atomic E-state index is 0.326. The van der Waals surface area contributed by atoms with Gasteiger partial charge in [0.25, 0.3) is 0 Å². The molecule has 6 nitrogen and oxygen atoms in total. The Morgan fingerprint density at radius 3 is 2.88 bits per heavy atom. The normalized spacial score (nSPS) is 15.8. The highest BCUT2D eigenvalue weighted by atomic mass is 16.5. The zero-order valence-electron chi connectivity index (χ0n) is 13.6. The number of benzene rings is 1. The van der Waals surface area contributed by atoms with Crippen molar-refractivity contribution in [2.24, 2.45) is 0 Å². The molecule has 0 atom stereocenters. The second kappa shape index (κ2) is 7.28. The van der Waals surface area contributed by atoms with Gasteiger partial charge >= 0.3 is 5.97 Å². The summed E-state index contributed by atoms with van der Waals surface area (Å²) >= 11 is 0. The first-order chi connectivity index (χ1) is 11.7. The highest BCUT2D eigenvalue weighted by Gasteiger charge is 2.24. The summed E-state index contributed by atoms with van der Waals surface area (Å²) < 4.78 is 10.2. The average molecular weight is 325 g/mol. The van der Waals surface area contributed by atoms with E-state index in [-0.39, 0.29) is 0 Å². The smallest absolute Gasteiger partial charge is 0.339 e. The molecule has 1 fully saturated rings. The van der Waals surface area contributed by atoms with Gasteiger partial charge in [0.2, 0.25) is 0 Å². The third kappa shape index (κ3) is 3.31. The van der Waals surface area contributed by atoms with E-state index in [1.54, 1.807) is 24.6 Å². The molecule has 1 aromatic carbocycles. The third-order valence-electron chi connectivity index (χ3n) is 4.45. The van der Waals surface area contributed by atoms with Crippen LogP contribution in [-0.4, -0.2) is 36.1 Å². The number of methoxy groups -OCH3 is 1. The van der Waals surface area contributed by atoms with Crippen LogP contribution in [-0.2, 0) is 11.3 Å². The number of oxazole rings is 1. The second-order valence-corrected chi connectivity index (χ2v) is 5.86. The van der Waals surface area contributed by atoms with E-state index in [0.29, 0.717) is 23.6 Å². The van der Waals surface area contributed by atoms with Crippen LogP contribution >= 0.6 is 0 Å². The number of rotatable bonds is 4. The lowest BCUT2D eigenvalue weighted by molar-refractivity contribution is 0.0600. The molecule has 124 valence electrons. The summed E-state index contributed by atoms with van der Waals surface area (Å²) in [7, 11) is 1.32. The highest BCUT2D eigenvalue weighted by molar-refractivity contribution is 5.92. The van der Waals surface area contributed by atoms with Crippen molar-refractivity contribution in [3.05, 3.63) is 53.2 Å². The molecule has 0 bridgehead atoms. The summed E-state index contributed by atoms with van der Waals surface area (Å²) in [5, 5.41) is 9.44. The van der Waals surface area contributed by atoms with Crippen molar-refractivity contribution in [3.8, 4) is 6.07 Å². The number of ether oxygens (including phenoxy) is 1. The minimum Gasteiger partial charge on any atom is -0.465 e. The molecule has 3 rings (SSSR count). The van der Waals surface area contributed by atoms with Crippen molar-refractivity contribution in [3.63, 3.8) is 0 Å². The monoisotopic (exact) mass is 325 g/mol. The number of likely N-dealkylation sites (tertiary alicyclic amines) is 1. The molecular formula is C18H19N3O3. The van der Waals surface area contributed by atoms with Crippen molar-refractivity contribution >= 4 is 5.97 Å². The fourth-order valence-electron chi connectivity index (χ4n) is 3.16.